The van der Waals surface area contributed by atoms with Crippen molar-refractivity contribution in [1.29, 1.82) is 0 Å². The Morgan fingerprint density at radius 3 is 2.72 bits per heavy atom. The predicted octanol–water partition coefficient (Wildman–Crippen LogP) is 3.11. The van der Waals surface area contributed by atoms with Gasteiger partial charge < -0.3 is 5.11 Å². The molecule has 0 bridgehead atoms. The second-order valence-electron chi connectivity index (χ2n) is 5.60. The minimum absolute atomic E-state index is 0.177. The first kappa shape index (κ1) is 13.9. The molecule has 1 aromatic heterocycles. The van der Waals surface area contributed by atoms with Gasteiger partial charge in [0.15, 0.2) is 0 Å². The molecule has 0 aliphatic heterocycles. The Morgan fingerprint density at radius 1 is 1.44 bits per heavy atom. The van der Waals surface area contributed by atoms with Gasteiger partial charge in [0, 0.05) is 12.6 Å². The number of aromatic nitrogens is 2. The molecule has 1 aliphatic carbocycles. The number of aliphatic hydroxyl groups is 1. The van der Waals surface area contributed by atoms with Crippen LogP contribution in [0.5, 0.6) is 0 Å². The molecule has 1 aromatic rings. The highest BCUT2D eigenvalue weighted by molar-refractivity contribution is 6.30. The van der Waals surface area contributed by atoms with E-state index < -0.39 is 0 Å². The molecule has 1 fully saturated rings. The number of nitrogens with zero attached hydrogens (tertiary/aromatic N) is 2. The molecular weight excluding hydrogens is 248 g/mol. The zero-order valence-corrected chi connectivity index (χ0v) is 12.2. The van der Waals surface area contributed by atoms with Crippen LogP contribution in [0, 0.1) is 18.8 Å². The molecule has 1 saturated carbocycles. The van der Waals surface area contributed by atoms with Gasteiger partial charge >= 0.3 is 0 Å². The van der Waals surface area contributed by atoms with Gasteiger partial charge in [-0.25, -0.2) is 0 Å². The summed E-state index contributed by atoms with van der Waals surface area (Å²) in [5.41, 5.74) is 2.10. The zero-order valence-electron chi connectivity index (χ0n) is 11.5. The van der Waals surface area contributed by atoms with Crippen molar-refractivity contribution < 1.29 is 5.11 Å². The highest BCUT2D eigenvalue weighted by Gasteiger charge is 2.30. The van der Waals surface area contributed by atoms with Crippen molar-refractivity contribution in [3.05, 3.63) is 16.4 Å². The average molecular weight is 271 g/mol. The molecule has 0 aromatic carbocycles. The number of aryl methyl sites for hydroxylation is 2. The van der Waals surface area contributed by atoms with E-state index >= 15 is 0 Å². The molecule has 1 aliphatic rings. The van der Waals surface area contributed by atoms with Crippen molar-refractivity contribution in [2.75, 3.05) is 0 Å². The van der Waals surface area contributed by atoms with Gasteiger partial charge in [-0.05, 0) is 44.4 Å². The molecular formula is C14H23ClN2O. The zero-order chi connectivity index (χ0) is 13.3. The largest absolute Gasteiger partial charge is 0.393 e. The van der Waals surface area contributed by atoms with E-state index in [1.165, 1.54) is 6.42 Å². The van der Waals surface area contributed by atoms with Crippen molar-refractivity contribution in [3.63, 3.8) is 0 Å². The molecule has 3 atom stereocenters. The van der Waals surface area contributed by atoms with Gasteiger partial charge in [-0.15, -0.1) is 0 Å². The molecule has 0 spiro atoms. The van der Waals surface area contributed by atoms with Gasteiger partial charge in [0.2, 0.25) is 0 Å². The smallest absolute Gasteiger partial charge is 0.130 e. The fourth-order valence-corrected chi connectivity index (χ4v) is 3.36. The molecule has 0 amide bonds. The summed E-state index contributed by atoms with van der Waals surface area (Å²) >= 11 is 6.27. The second-order valence-corrected chi connectivity index (χ2v) is 5.96. The molecule has 2 rings (SSSR count). The maximum Gasteiger partial charge on any atom is 0.130 e. The van der Waals surface area contributed by atoms with Crippen molar-refractivity contribution in [2.24, 2.45) is 18.9 Å². The van der Waals surface area contributed by atoms with Gasteiger partial charge in [0.25, 0.3) is 0 Å². The van der Waals surface area contributed by atoms with Gasteiger partial charge in [0.1, 0.15) is 5.15 Å². The van der Waals surface area contributed by atoms with Crippen LogP contribution in [-0.4, -0.2) is 21.0 Å². The van der Waals surface area contributed by atoms with E-state index in [4.69, 9.17) is 11.6 Å². The van der Waals surface area contributed by atoms with E-state index in [9.17, 15) is 5.11 Å². The lowest BCUT2D eigenvalue weighted by Crippen LogP contribution is -2.30. The van der Waals surface area contributed by atoms with Crippen LogP contribution in [0.2, 0.25) is 5.15 Å². The topological polar surface area (TPSA) is 38.1 Å². The minimum atomic E-state index is -0.177. The lowest BCUT2D eigenvalue weighted by molar-refractivity contribution is 0.0474. The summed E-state index contributed by atoms with van der Waals surface area (Å²) < 4.78 is 1.72. The highest BCUT2D eigenvalue weighted by Crippen LogP contribution is 2.35. The molecule has 102 valence electrons. The Kier molecular flexibility index (Phi) is 4.33. The Labute approximate surface area is 114 Å². The van der Waals surface area contributed by atoms with Crippen LogP contribution >= 0.6 is 11.6 Å². The standard InChI is InChI=1S/C14H23ClN2O/c1-4-10-5-6-13(18)11(7-10)8-12-9(2)16-17(3)14(12)15/h10-11,13,18H,4-8H2,1-3H3. The van der Waals surface area contributed by atoms with Crippen LogP contribution in [0.4, 0.5) is 0 Å². The SMILES string of the molecule is CCC1CCC(O)C(Cc2c(C)nn(C)c2Cl)C1. The summed E-state index contributed by atoms with van der Waals surface area (Å²) in [6.07, 6.45) is 5.10. The van der Waals surface area contributed by atoms with Crippen LogP contribution in [0.3, 0.4) is 0 Å². The second kappa shape index (κ2) is 5.62. The molecule has 0 radical (unpaired) electrons. The number of halogens is 1. The van der Waals surface area contributed by atoms with Crippen LogP contribution in [0.15, 0.2) is 0 Å². The number of hydrogen-bond donors (Lipinski definition) is 1. The first-order valence-corrected chi connectivity index (χ1v) is 7.26. The summed E-state index contributed by atoms with van der Waals surface area (Å²) in [5, 5.41) is 15.2. The third kappa shape index (κ3) is 2.72. The van der Waals surface area contributed by atoms with Crippen LogP contribution in [0.1, 0.15) is 43.9 Å². The van der Waals surface area contributed by atoms with E-state index in [1.54, 1.807) is 4.68 Å². The van der Waals surface area contributed by atoms with Crippen molar-refractivity contribution >= 4 is 11.6 Å². The monoisotopic (exact) mass is 270 g/mol. The number of rotatable bonds is 3. The summed E-state index contributed by atoms with van der Waals surface area (Å²) in [6, 6.07) is 0. The van der Waals surface area contributed by atoms with Crippen LogP contribution < -0.4 is 0 Å². The van der Waals surface area contributed by atoms with Crippen molar-refractivity contribution in [2.45, 2.75) is 52.1 Å². The van der Waals surface area contributed by atoms with Gasteiger partial charge in [-0.3, -0.25) is 4.68 Å². The Morgan fingerprint density at radius 2 is 2.17 bits per heavy atom. The first-order chi connectivity index (χ1) is 8.52. The van der Waals surface area contributed by atoms with Crippen molar-refractivity contribution in [1.82, 2.24) is 9.78 Å². The molecule has 1 heterocycles. The quantitative estimate of drug-likeness (QED) is 0.916. The van der Waals surface area contributed by atoms with E-state index in [0.717, 1.165) is 48.0 Å². The Balaban J connectivity index is 2.11. The van der Waals surface area contributed by atoms with E-state index in [1.807, 2.05) is 14.0 Å². The van der Waals surface area contributed by atoms with E-state index in [-0.39, 0.29) is 6.10 Å². The summed E-state index contributed by atoms with van der Waals surface area (Å²) in [5.74, 6) is 1.10. The Hall–Kier alpha value is -0.540. The third-order valence-corrected chi connectivity index (χ3v) is 4.84. The molecule has 3 nitrogen and oxygen atoms in total. The van der Waals surface area contributed by atoms with Crippen LogP contribution in [0.25, 0.3) is 0 Å². The van der Waals surface area contributed by atoms with Crippen molar-refractivity contribution in [3.8, 4) is 0 Å². The molecule has 18 heavy (non-hydrogen) atoms. The predicted molar refractivity (Wildman–Crippen MR) is 73.8 cm³/mol. The van der Waals surface area contributed by atoms with Gasteiger partial charge in [0.05, 0.1) is 11.8 Å². The third-order valence-electron chi connectivity index (χ3n) is 4.36. The number of aliphatic hydroxyl groups excluding tert-OH is 1. The fraction of sp³-hybridized carbons (Fsp3) is 0.786. The van der Waals surface area contributed by atoms with E-state index in [0.29, 0.717) is 5.92 Å². The summed E-state index contributed by atoms with van der Waals surface area (Å²) in [7, 11) is 1.87. The normalized spacial score (nSPS) is 28.6. The van der Waals surface area contributed by atoms with Crippen LogP contribution in [-0.2, 0) is 13.5 Å². The lowest BCUT2D eigenvalue weighted by Gasteiger charge is -2.33. The average Bonchev–Trinajstić information content (AvgIpc) is 2.58. The fourth-order valence-electron chi connectivity index (χ4n) is 3.10. The summed E-state index contributed by atoms with van der Waals surface area (Å²) in [4.78, 5) is 0. The lowest BCUT2D eigenvalue weighted by atomic mass is 9.76. The minimum Gasteiger partial charge on any atom is -0.393 e. The maximum absolute atomic E-state index is 10.2. The summed E-state index contributed by atoms with van der Waals surface area (Å²) in [6.45, 7) is 4.23. The first-order valence-electron chi connectivity index (χ1n) is 6.89. The van der Waals surface area contributed by atoms with Gasteiger partial charge in [-0.2, -0.15) is 5.10 Å². The molecule has 3 unspecified atom stereocenters. The molecule has 4 heteroatoms. The van der Waals surface area contributed by atoms with Gasteiger partial charge in [-0.1, -0.05) is 24.9 Å². The molecule has 0 saturated heterocycles. The number of hydrogen-bond acceptors (Lipinski definition) is 2. The highest BCUT2D eigenvalue weighted by atomic mass is 35.5. The molecule has 1 N–H and O–H groups in total. The Bertz CT molecular complexity index is 416. The maximum atomic E-state index is 10.2. The van der Waals surface area contributed by atoms with E-state index in [2.05, 4.69) is 12.0 Å².